The van der Waals surface area contributed by atoms with Gasteiger partial charge in [-0.05, 0) is 12.0 Å². The Labute approximate surface area is 138 Å². The van der Waals surface area contributed by atoms with Crippen LogP contribution in [-0.2, 0) is 16.1 Å². The number of hydrogen-bond donors (Lipinski definition) is 1. The van der Waals surface area contributed by atoms with Gasteiger partial charge in [-0.1, -0.05) is 37.3 Å². The highest BCUT2D eigenvalue weighted by Crippen LogP contribution is 2.24. The van der Waals surface area contributed by atoms with Crippen molar-refractivity contribution in [3.8, 4) is 0 Å². The first-order valence-corrected chi connectivity index (χ1v) is 8.11. The lowest BCUT2D eigenvalue weighted by atomic mass is 10.2. The molecule has 1 heterocycles. The SMILES string of the molecule is CCCN(C(=O)OCc1ccccc1)C(C(=O)O)c1nccs1. The molecule has 0 radical (unpaired) electrons. The van der Waals surface area contributed by atoms with Gasteiger partial charge < -0.3 is 9.84 Å². The second kappa shape index (κ2) is 8.28. The van der Waals surface area contributed by atoms with Crippen LogP contribution in [0.25, 0.3) is 0 Å². The molecule has 1 unspecified atom stereocenters. The first-order valence-electron chi connectivity index (χ1n) is 7.23. The van der Waals surface area contributed by atoms with Gasteiger partial charge in [0.1, 0.15) is 11.6 Å². The summed E-state index contributed by atoms with van der Waals surface area (Å²) in [4.78, 5) is 29.2. The van der Waals surface area contributed by atoms with Crippen molar-refractivity contribution in [2.24, 2.45) is 0 Å². The van der Waals surface area contributed by atoms with Crippen LogP contribution < -0.4 is 0 Å². The molecule has 6 nitrogen and oxygen atoms in total. The Kier molecular flexibility index (Phi) is 6.10. The van der Waals surface area contributed by atoms with Crippen molar-refractivity contribution in [3.05, 3.63) is 52.5 Å². The predicted molar refractivity (Wildman–Crippen MR) is 86.1 cm³/mol. The summed E-state index contributed by atoms with van der Waals surface area (Å²) in [5.74, 6) is -1.12. The molecule has 1 N–H and O–H groups in total. The Hall–Kier alpha value is -2.41. The number of benzene rings is 1. The summed E-state index contributed by atoms with van der Waals surface area (Å²) in [6, 6.07) is 8.13. The van der Waals surface area contributed by atoms with Crippen LogP contribution in [-0.4, -0.2) is 33.6 Å². The van der Waals surface area contributed by atoms with Gasteiger partial charge in [0, 0.05) is 18.1 Å². The van der Waals surface area contributed by atoms with E-state index in [9.17, 15) is 14.7 Å². The quantitative estimate of drug-likeness (QED) is 0.840. The minimum Gasteiger partial charge on any atom is -0.479 e. The zero-order chi connectivity index (χ0) is 16.7. The topological polar surface area (TPSA) is 79.7 Å². The minimum absolute atomic E-state index is 0.101. The van der Waals surface area contributed by atoms with Gasteiger partial charge in [0.05, 0.1) is 0 Å². The molecule has 1 amide bonds. The van der Waals surface area contributed by atoms with Crippen molar-refractivity contribution in [1.82, 2.24) is 9.88 Å². The van der Waals surface area contributed by atoms with Gasteiger partial charge >= 0.3 is 12.1 Å². The Balaban J connectivity index is 2.12. The highest BCUT2D eigenvalue weighted by molar-refractivity contribution is 7.09. The molecule has 2 aromatic rings. The van der Waals surface area contributed by atoms with Crippen LogP contribution in [0, 0.1) is 0 Å². The molecule has 0 fully saturated rings. The van der Waals surface area contributed by atoms with E-state index < -0.39 is 18.1 Å². The highest BCUT2D eigenvalue weighted by atomic mass is 32.1. The molecule has 1 aromatic heterocycles. The zero-order valence-electron chi connectivity index (χ0n) is 12.7. The molecule has 0 saturated carbocycles. The summed E-state index contributed by atoms with van der Waals surface area (Å²) < 4.78 is 5.27. The summed E-state index contributed by atoms with van der Waals surface area (Å²) in [7, 11) is 0. The van der Waals surface area contributed by atoms with Crippen molar-refractivity contribution in [2.75, 3.05) is 6.54 Å². The fraction of sp³-hybridized carbons (Fsp3) is 0.312. The third-order valence-corrected chi connectivity index (χ3v) is 3.96. The van der Waals surface area contributed by atoms with E-state index in [2.05, 4.69) is 4.98 Å². The zero-order valence-corrected chi connectivity index (χ0v) is 13.5. The number of hydrogen-bond acceptors (Lipinski definition) is 5. The van der Waals surface area contributed by atoms with Crippen molar-refractivity contribution in [2.45, 2.75) is 26.0 Å². The largest absolute Gasteiger partial charge is 0.479 e. The molecule has 23 heavy (non-hydrogen) atoms. The fourth-order valence-corrected chi connectivity index (χ4v) is 2.85. The van der Waals surface area contributed by atoms with Gasteiger partial charge in [-0.25, -0.2) is 14.6 Å². The van der Waals surface area contributed by atoms with E-state index in [-0.39, 0.29) is 13.2 Å². The van der Waals surface area contributed by atoms with E-state index in [0.717, 1.165) is 5.56 Å². The van der Waals surface area contributed by atoms with Crippen LogP contribution in [0.5, 0.6) is 0 Å². The van der Waals surface area contributed by atoms with E-state index in [1.165, 1.54) is 22.4 Å². The molecule has 0 bridgehead atoms. The van der Waals surface area contributed by atoms with E-state index in [0.29, 0.717) is 11.4 Å². The molecule has 0 aliphatic heterocycles. The summed E-state index contributed by atoms with van der Waals surface area (Å²) in [5.41, 5.74) is 0.846. The number of rotatable bonds is 7. The number of aliphatic carboxylic acids is 1. The lowest BCUT2D eigenvalue weighted by Crippen LogP contribution is -2.39. The molecule has 0 aliphatic carbocycles. The molecule has 0 spiro atoms. The average Bonchev–Trinajstić information content (AvgIpc) is 3.07. The smallest absolute Gasteiger partial charge is 0.411 e. The number of nitrogens with zero attached hydrogens (tertiary/aromatic N) is 2. The molecule has 122 valence electrons. The Morgan fingerprint density at radius 3 is 2.65 bits per heavy atom. The second-order valence-electron chi connectivity index (χ2n) is 4.84. The highest BCUT2D eigenvalue weighted by Gasteiger charge is 2.33. The van der Waals surface area contributed by atoms with E-state index >= 15 is 0 Å². The van der Waals surface area contributed by atoms with Gasteiger partial charge in [-0.15, -0.1) is 11.3 Å². The van der Waals surface area contributed by atoms with Gasteiger partial charge in [-0.2, -0.15) is 0 Å². The van der Waals surface area contributed by atoms with Crippen molar-refractivity contribution >= 4 is 23.4 Å². The van der Waals surface area contributed by atoms with Crippen molar-refractivity contribution in [1.29, 1.82) is 0 Å². The van der Waals surface area contributed by atoms with Crippen LogP contribution in [0.1, 0.15) is 30.0 Å². The lowest BCUT2D eigenvalue weighted by molar-refractivity contribution is -0.143. The number of carbonyl (C=O) groups excluding carboxylic acids is 1. The van der Waals surface area contributed by atoms with Crippen LogP contribution in [0.15, 0.2) is 41.9 Å². The van der Waals surface area contributed by atoms with Crippen LogP contribution in [0.4, 0.5) is 4.79 Å². The molecule has 7 heteroatoms. The Bertz CT molecular complexity index is 631. The number of ether oxygens (including phenoxy) is 1. The first-order chi connectivity index (χ1) is 11.1. The third-order valence-electron chi connectivity index (χ3n) is 3.14. The third kappa shape index (κ3) is 4.53. The van der Waals surface area contributed by atoms with Crippen molar-refractivity contribution < 1.29 is 19.4 Å². The number of carboxylic acids is 1. The molecule has 2 rings (SSSR count). The standard InChI is InChI=1S/C16H18N2O4S/c1-2-9-18(13(15(19)20)14-17-8-10-23-14)16(21)22-11-12-6-4-3-5-7-12/h3-8,10,13H,2,9,11H2,1H3,(H,19,20). The van der Waals surface area contributed by atoms with Gasteiger partial charge in [-0.3, -0.25) is 4.90 Å². The maximum Gasteiger partial charge on any atom is 0.411 e. The van der Waals surface area contributed by atoms with Gasteiger partial charge in [0.25, 0.3) is 0 Å². The molecular weight excluding hydrogens is 316 g/mol. The average molecular weight is 334 g/mol. The monoisotopic (exact) mass is 334 g/mol. The van der Waals surface area contributed by atoms with E-state index in [1.54, 1.807) is 5.38 Å². The predicted octanol–water partition coefficient (Wildman–Crippen LogP) is 3.32. The van der Waals surface area contributed by atoms with E-state index in [1.807, 2.05) is 37.3 Å². The first kappa shape index (κ1) is 17.0. The lowest BCUT2D eigenvalue weighted by Gasteiger charge is -2.26. The van der Waals surface area contributed by atoms with Crippen molar-refractivity contribution in [3.63, 3.8) is 0 Å². The molecular formula is C16H18N2O4S. The summed E-state index contributed by atoms with van der Waals surface area (Å²) >= 11 is 1.20. The van der Waals surface area contributed by atoms with Gasteiger partial charge in [0.2, 0.25) is 0 Å². The summed E-state index contributed by atoms with van der Waals surface area (Å²) in [5, 5.41) is 11.5. The minimum atomic E-state index is -1.13. The number of carbonyl (C=O) groups is 2. The number of thiazole rings is 1. The number of amides is 1. The fourth-order valence-electron chi connectivity index (χ4n) is 2.11. The summed E-state index contributed by atoms with van der Waals surface area (Å²) in [6.45, 7) is 2.26. The van der Waals surface area contributed by atoms with E-state index in [4.69, 9.17) is 4.74 Å². The van der Waals surface area contributed by atoms with Crippen LogP contribution >= 0.6 is 11.3 Å². The van der Waals surface area contributed by atoms with Gasteiger partial charge in [0.15, 0.2) is 6.04 Å². The molecule has 0 aliphatic rings. The Morgan fingerprint density at radius 1 is 1.35 bits per heavy atom. The van der Waals surface area contributed by atoms with Crippen LogP contribution in [0.3, 0.4) is 0 Å². The maximum atomic E-state index is 12.4. The summed E-state index contributed by atoms with van der Waals surface area (Å²) in [6.07, 6.45) is 1.49. The normalized spacial score (nSPS) is 11.7. The molecule has 1 aromatic carbocycles. The van der Waals surface area contributed by atoms with Crippen LogP contribution in [0.2, 0.25) is 0 Å². The maximum absolute atomic E-state index is 12.4. The molecule has 1 atom stereocenters. The second-order valence-corrected chi connectivity index (χ2v) is 5.77. The Morgan fingerprint density at radius 2 is 2.09 bits per heavy atom. The number of aromatic nitrogens is 1. The number of carboxylic acid groups (broad SMARTS) is 1. The molecule has 0 saturated heterocycles.